The number of halogens is 2. The minimum Gasteiger partial charge on any atom is -0.293 e. The van der Waals surface area contributed by atoms with E-state index in [0.717, 1.165) is 0 Å². The van der Waals surface area contributed by atoms with Gasteiger partial charge in [-0.05, 0) is 48.5 Å². The number of carbonyl (C=O) groups excluding carboxylic acids is 1. The summed E-state index contributed by atoms with van der Waals surface area (Å²) in [6.45, 7) is 0. The van der Waals surface area contributed by atoms with Crippen molar-refractivity contribution in [3.05, 3.63) is 99.8 Å². The molecule has 146 valence electrons. The second-order valence-electron chi connectivity index (χ2n) is 6.11. The van der Waals surface area contributed by atoms with Crippen LogP contribution in [-0.2, 0) is 0 Å². The number of nitrogens with zero attached hydrogens (tertiary/aromatic N) is 2. The molecule has 0 radical (unpaired) electrons. The Hall–Kier alpha value is -2.41. The Morgan fingerprint density at radius 1 is 0.931 bits per heavy atom. The Kier molecular flexibility index (Phi) is 6.90. The first kappa shape index (κ1) is 21.3. The maximum Gasteiger partial charge on any atom is 0.266 e. The standard InChI is InChI=1S/C22H15ClN2O2S.BrH/c23-16-12-10-15(11-13-16)20(26)14-28-22-24-19-9-5-4-8-18(19)21(27)25(22)17-6-2-1-3-7-17;/h1-13H,14H2;1H. The molecule has 0 amide bonds. The summed E-state index contributed by atoms with van der Waals surface area (Å²) in [6.07, 6.45) is 0. The first-order chi connectivity index (χ1) is 13.6. The highest BCUT2D eigenvalue weighted by Crippen LogP contribution is 2.22. The lowest BCUT2D eigenvalue weighted by Crippen LogP contribution is -2.22. The summed E-state index contributed by atoms with van der Waals surface area (Å²) in [6, 6.07) is 23.3. The SMILES string of the molecule is Br.O=C(CSc1nc2ccccc2c(=O)n1-c1ccccc1)c1ccc(Cl)cc1. The summed E-state index contributed by atoms with van der Waals surface area (Å²) < 4.78 is 1.56. The van der Waals surface area contributed by atoms with Crippen molar-refractivity contribution in [1.29, 1.82) is 0 Å². The van der Waals surface area contributed by atoms with Gasteiger partial charge in [-0.3, -0.25) is 14.2 Å². The van der Waals surface area contributed by atoms with Gasteiger partial charge in [0.05, 0.1) is 22.3 Å². The number of rotatable bonds is 5. The highest BCUT2D eigenvalue weighted by molar-refractivity contribution is 8.93. The van der Waals surface area contributed by atoms with Gasteiger partial charge < -0.3 is 0 Å². The minimum absolute atomic E-state index is 0. The predicted molar refractivity (Wildman–Crippen MR) is 124 cm³/mol. The summed E-state index contributed by atoms with van der Waals surface area (Å²) in [5, 5.41) is 1.61. The molecule has 0 aliphatic carbocycles. The van der Waals surface area contributed by atoms with Gasteiger partial charge in [-0.1, -0.05) is 53.7 Å². The number of ketones is 1. The maximum absolute atomic E-state index is 13.1. The molecule has 29 heavy (non-hydrogen) atoms. The van der Waals surface area contributed by atoms with Crippen LogP contribution >= 0.6 is 40.3 Å². The van der Waals surface area contributed by atoms with E-state index in [1.54, 1.807) is 41.0 Å². The predicted octanol–water partition coefficient (Wildman–Crippen LogP) is 5.59. The van der Waals surface area contributed by atoms with Crippen LogP contribution in [0.5, 0.6) is 0 Å². The van der Waals surface area contributed by atoms with E-state index < -0.39 is 0 Å². The topological polar surface area (TPSA) is 52.0 Å². The fourth-order valence-corrected chi connectivity index (χ4v) is 3.90. The van der Waals surface area contributed by atoms with E-state index in [9.17, 15) is 9.59 Å². The lowest BCUT2D eigenvalue weighted by molar-refractivity contribution is 0.102. The maximum atomic E-state index is 13.1. The van der Waals surface area contributed by atoms with E-state index in [0.29, 0.717) is 32.3 Å². The first-order valence-corrected chi connectivity index (χ1v) is 9.98. The van der Waals surface area contributed by atoms with E-state index in [1.807, 2.05) is 42.5 Å². The Balaban J connectivity index is 0.00000240. The van der Waals surface area contributed by atoms with Crippen LogP contribution in [0.25, 0.3) is 16.6 Å². The van der Waals surface area contributed by atoms with Crippen molar-refractivity contribution in [2.24, 2.45) is 0 Å². The minimum atomic E-state index is -0.154. The highest BCUT2D eigenvalue weighted by atomic mass is 79.9. The molecule has 0 aliphatic rings. The van der Waals surface area contributed by atoms with Crippen LogP contribution in [0, 0.1) is 0 Å². The number of Topliss-reactive ketones (excluding diaryl/α,β-unsaturated/α-hetero) is 1. The molecule has 4 rings (SSSR count). The molecule has 0 saturated carbocycles. The Bertz CT molecular complexity index is 1210. The van der Waals surface area contributed by atoms with Crippen molar-refractivity contribution in [3.63, 3.8) is 0 Å². The lowest BCUT2D eigenvalue weighted by Gasteiger charge is -2.13. The number of para-hydroxylation sites is 2. The molecule has 0 spiro atoms. The van der Waals surface area contributed by atoms with Crippen LogP contribution < -0.4 is 5.56 Å². The summed E-state index contributed by atoms with van der Waals surface area (Å²) in [4.78, 5) is 30.3. The number of aromatic nitrogens is 2. The van der Waals surface area contributed by atoms with Crippen LogP contribution in [0.1, 0.15) is 10.4 Å². The second-order valence-corrected chi connectivity index (χ2v) is 7.49. The summed E-state index contributed by atoms with van der Waals surface area (Å²) in [5.74, 6) is 0.114. The zero-order chi connectivity index (χ0) is 19.5. The molecule has 0 N–H and O–H groups in total. The molecule has 0 bridgehead atoms. The number of hydrogen-bond donors (Lipinski definition) is 0. The zero-order valence-corrected chi connectivity index (χ0v) is 18.4. The van der Waals surface area contributed by atoms with Crippen molar-refractivity contribution >= 4 is 57.0 Å². The van der Waals surface area contributed by atoms with Gasteiger partial charge in [0.1, 0.15) is 0 Å². The van der Waals surface area contributed by atoms with E-state index in [1.165, 1.54) is 11.8 Å². The Labute approximate surface area is 187 Å². The number of benzene rings is 3. The molecule has 1 heterocycles. The molecule has 3 aromatic carbocycles. The summed E-state index contributed by atoms with van der Waals surface area (Å²) in [7, 11) is 0. The lowest BCUT2D eigenvalue weighted by atomic mass is 10.1. The van der Waals surface area contributed by atoms with Crippen LogP contribution in [0.15, 0.2) is 88.8 Å². The molecular formula is C22H16BrClN2O2S. The van der Waals surface area contributed by atoms with Gasteiger partial charge in [0.2, 0.25) is 0 Å². The average molecular weight is 488 g/mol. The number of fused-ring (bicyclic) bond motifs is 1. The quantitative estimate of drug-likeness (QED) is 0.209. The second kappa shape index (κ2) is 9.39. The van der Waals surface area contributed by atoms with Crippen molar-refractivity contribution in [3.8, 4) is 5.69 Å². The third-order valence-electron chi connectivity index (χ3n) is 4.26. The van der Waals surface area contributed by atoms with Crippen LogP contribution in [0.2, 0.25) is 5.02 Å². The van der Waals surface area contributed by atoms with Crippen LogP contribution in [-0.4, -0.2) is 21.1 Å². The fourth-order valence-electron chi connectivity index (χ4n) is 2.86. The molecule has 0 aliphatic heterocycles. The number of hydrogen-bond acceptors (Lipinski definition) is 4. The van der Waals surface area contributed by atoms with Crippen LogP contribution in [0.3, 0.4) is 0 Å². The molecule has 4 nitrogen and oxygen atoms in total. The summed E-state index contributed by atoms with van der Waals surface area (Å²) in [5.41, 5.74) is 1.75. The Morgan fingerprint density at radius 2 is 1.59 bits per heavy atom. The third-order valence-corrected chi connectivity index (χ3v) is 5.45. The Morgan fingerprint density at radius 3 is 2.31 bits per heavy atom. The van der Waals surface area contributed by atoms with Crippen molar-refractivity contribution < 1.29 is 4.79 Å². The van der Waals surface area contributed by atoms with E-state index in [2.05, 4.69) is 4.98 Å². The van der Waals surface area contributed by atoms with Gasteiger partial charge in [0, 0.05) is 10.6 Å². The van der Waals surface area contributed by atoms with Gasteiger partial charge >= 0.3 is 0 Å². The molecule has 0 unspecified atom stereocenters. The molecule has 0 atom stereocenters. The molecule has 4 aromatic rings. The van der Waals surface area contributed by atoms with Gasteiger partial charge in [-0.2, -0.15) is 0 Å². The largest absolute Gasteiger partial charge is 0.293 e. The van der Waals surface area contributed by atoms with E-state index in [4.69, 9.17) is 11.6 Å². The zero-order valence-electron chi connectivity index (χ0n) is 15.1. The molecule has 7 heteroatoms. The van der Waals surface area contributed by atoms with Gasteiger partial charge in [0.15, 0.2) is 10.9 Å². The van der Waals surface area contributed by atoms with Crippen molar-refractivity contribution in [2.75, 3.05) is 5.75 Å². The van der Waals surface area contributed by atoms with Crippen LogP contribution in [0.4, 0.5) is 0 Å². The summed E-state index contributed by atoms with van der Waals surface area (Å²) >= 11 is 7.13. The van der Waals surface area contributed by atoms with Gasteiger partial charge in [-0.25, -0.2) is 4.98 Å². The fraction of sp³-hybridized carbons (Fsp3) is 0.0455. The molecule has 0 fully saturated rings. The van der Waals surface area contributed by atoms with Gasteiger partial charge in [0.25, 0.3) is 5.56 Å². The van der Waals surface area contributed by atoms with Crippen molar-refractivity contribution in [2.45, 2.75) is 5.16 Å². The molecular weight excluding hydrogens is 472 g/mol. The van der Waals surface area contributed by atoms with E-state index in [-0.39, 0.29) is 34.1 Å². The van der Waals surface area contributed by atoms with Gasteiger partial charge in [-0.15, -0.1) is 17.0 Å². The molecule has 0 saturated heterocycles. The average Bonchev–Trinajstić information content (AvgIpc) is 2.73. The first-order valence-electron chi connectivity index (χ1n) is 8.62. The smallest absolute Gasteiger partial charge is 0.266 e. The normalized spacial score (nSPS) is 10.5. The number of thioether (sulfide) groups is 1. The molecule has 1 aromatic heterocycles. The monoisotopic (exact) mass is 486 g/mol. The van der Waals surface area contributed by atoms with Crippen molar-refractivity contribution in [1.82, 2.24) is 9.55 Å². The highest BCUT2D eigenvalue weighted by Gasteiger charge is 2.15. The number of carbonyl (C=O) groups is 1. The van der Waals surface area contributed by atoms with E-state index >= 15 is 0 Å². The third kappa shape index (κ3) is 4.61.